The molecule has 1 unspecified atom stereocenters. The van der Waals surface area contributed by atoms with Gasteiger partial charge in [-0.15, -0.1) is 0 Å². The van der Waals surface area contributed by atoms with Crippen LogP contribution in [0.25, 0.3) is 0 Å². The molecule has 0 amide bonds. The van der Waals surface area contributed by atoms with E-state index in [-0.39, 0.29) is 22.0 Å². The Morgan fingerprint density at radius 1 is 1.10 bits per heavy atom. The molecule has 1 atom stereocenters. The number of hydrogen-bond acceptors (Lipinski definition) is 1. The number of aryl methyl sites for hydroxylation is 1. The normalized spacial score (nSPS) is 12.5. The van der Waals surface area contributed by atoms with Crippen LogP contribution in [0.1, 0.15) is 22.8 Å². The van der Waals surface area contributed by atoms with Gasteiger partial charge in [-0.25, -0.2) is 13.2 Å². The van der Waals surface area contributed by atoms with Gasteiger partial charge in [0.15, 0.2) is 0 Å². The van der Waals surface area contributed by atoms with Crippen molar-refractivity contribution < 1.29 is 18.3 Å². The standard InChI is InChI=1S/C15H12BrF3O/c1-8-2-4-12(18)14(15(8)19)13(20)7-9-3-5-11(17)10(16)6-9/h2-6,13,20H,7H2,1H3. The van der Waals surface area contributed by atoms with Crippen LogP contribution >= 0.6 is 15.9 Å². The van der Waals surface area contributed by atoms with Crippen LogP contribution in [0.2, 0.25) is 0 Å². The first-order valence-corrected chi connectivity index (χ1v) is 6.76. The maximum absolute atomic E-state index is 13.9. The minimum atomic E-state index is -1.33. The summed E-state index contributed by atoms with van der Waals surface area (Å²) in [5, 5.41) is 10.0. The third kappa shape index (κ3) is 3.04. The van der Waals surface area contributed by atoms with Crippen molar-refractivity contribution in [3.8, 4) is 0 Å². The fraction of sp³-hybridized carbons (Fsp3) is 0.200. The first kappa shape index (κ1) is 15.1. The molecular weight excluding hydrogens is 333 g/mol. The summed E-state index contributed by atoms with van der Waals surface area (Å²) in [5.41, 5.74) is 0.484. The molecular formula is C15H12BrF3O. The average Bonchev–Trinajstić information content (AvgIpc) is 2.39. The Morgan fingerprint density at radius 2 is 1.75 bits per heavy atom. The molecule has 2 aromatic rings. The summed E-state index contributed by atoms with van der Waals surface area (Å²) >= 11 is 3.03. The highest BCUT2D eigenvalue weighted by atomic mass is 79.9. The summed E-state index contributed by atoms with van der Waals surface area (Å²) in [4.78, 5) is 0. The van der Waals surface area contributed by atoms with Crippen LogP contribution in [0.15, 0.2) is 34.8 Å². The molecule has 0 saturated heterocycles. The molecule has 0 aliphatic heterocycles. The highest BCUT2D eigenvalue weighted by molar-refractivity contribution is 9.10. The van der Waals surface area contributed by atoms with E-state index in [1.54, 1.807) is 0 Å². The van der Waals surface area contributed by atoms with Crippen LogP contribution < -0.4 is 0 Å². The zero-order valence-electron chi connectivity index (χ0n) is 10.6. The van der Waals surface area contributed by atoms with E-state index in [1.807, 2.05) is 0 Å². The Bertz CT molecular complexity index is 643. The van der Waals surface area contributed by atoms with Gasteiger partial charge in [-0.05, 0) is 52.2 Å². The molecule has 106 valence electrons. The minimum Gasteiger partial charge on any atom is -0.388 e. The summed E-state index contributed by atoms with van der Waals surface area (Å²) < 4.78 is 40.9. The number of rotatable bonds is 3. The lowest BCUT2D eigenvalue weighted by molar-refractivity contribution is 0.168. The van der Waals surface area contributed by atoms with Gasteiger partial charge >= 0.3 is 0 Å². The predicted molar refractivity (Wildman–Crippen MR) is 73.9 cm³/mol. The first-order chi connectivity index (χ1) is 9.40. The molecule has 0 aromatic heterocycles. The monoisotopic (exact) mass is 344 g/mol. The number of aliphatic hydroxyl groups excluding tert-OH is 1. The third-order valence-electron chi connectivity index (χ3n) is 3.07. The van der Waals surface area contributed by atoms with Crippen LogP contribution in [-0.4, -0.2) is 5.11 Å². The van der Waals surface area contributed by atoms with Crippen LogP contribution in [0.3, 0.4) is 0 Å². The molecule has 0 bridgehead atoms. The first-order valence-electron chi connectivity index (χ1n) is 5.96. The van der Waals surface area contributed by atoms with Crippen LogP contribution in [0.4, 0.5) is 13.2 Å². The topological polar surface area (TPSA) is 20.2 Å². The summed E-state index contributed by atoms with van der Waals surface area (Å²) in [6.07, 6.45) is -1.33. The lowest BCUT2D eigenvalue weighted by atomic mass is 9.98. The SMILES string of the molecule is Cc1ccc(F)c(C(O)Cc2ccc(F)c(Br)c2)c1F. The predicted octanol–water partition coefficient (Wildman–Crippen LogP) is 4.45. The molecule has 0 saturated carbocycles. The van der Waals surface area contributed by atoms with E-state index in [0.717, 1.165) is 6.07 Å². The largest absolute Gasteiger partial charge is 0.388 e. The maximum atomic E-state index is 13.9. The highest BCUT2D eigenvalue weighted by Gasteiger charge is 2.20. The molecule has 0 aliphatic carbocycles. The summed E-state index contributed by atoms with van der Waals surface area (Å²) in [5.74, 6) is -1.98. The fourth-order valence-electron chi connectivity index (χ4n) is 1.98. The highest BCUT2D eigenvalue weighted by Crippen LogP contribution is 2.27. The van der Waals surface area contributed by atoms with E-state index in [9.17, 15) is 18.3 Å². The van der Waals surface area contributed by atoms with Crippen molar-refractivity contribution in [1.29, 1.82) is 0 Å². The number of benzene rings is 2. The molecule has 1 N–H and O–H groups in total. The molecule has 2 rings (SSSR count). The van der Waals surface area contributed by atoms with E-state index >= 15 is 0 Å². The van der Waals surface area contributed by atoms with Gasteiger partial charge in [-0.2, -0.15) is 0 Å². The second-order valence-electron chi connectivity index (χ2n) is 4.56. The molecule has 1 nitrogen and oxygen atoms in total. The molecule has 5 heteroatoms. The van der Waals surface area contributed by atoms with Gasteiger partial charge in [-0.1, -0.05) is 12.1 Å². The minimum absolute atomic E-state index is 0.00380. The third-order valence-corrected chi connectivity index (χ3v) is 3.67. The lowest BCUT2D eigenvalue weighted by Crippen LogP contribution is -2.08. The molecule has 2 aromatic carbocycles. The van der Waals surface area contributed by atoms with Crippen molar-refractivity contribution in [2.75, 3.05) is 0 Å². The quantitative estimate of drug-likeness (QED) is 0.871. The Morgan fingerprint density at radius 3 is 2.40 bits per heavy atom. The molecule has 0 heterocycles. The van der Waals surface area contributed by atoms with Crippen LogP contribution in [0, 0.1) is 24.4 Å². The number of hydrogen-bond donors (Lipinski definition) is 1. The van der Waals surface area contributed by atoms with Crippen LogP contribution in [-0.2, 0) is 6.42 Å². The summed E-state index contributed by atoms with van der Waals surface area (Å²) in [7, 11) is 0. The summed E-state index contributed by atoms with van der Waals surface area (Å²) in [6.45, 7) is 1.50. The Balaban J connectivity index is 2.30. The van der Waals surface area contributed by atoms with Crippen molar-refractivity contribution >= 4 is 15.9 Å². The van der Waals surface area contributed by atoms with Crippen molar-refractivity contribution in [2.45, 2.75) is 19.4 Å². The van der Waals surface area contributed by atoms with E-state index in [4.69, 9.17) is 0 Å². The lowest BCUT2D eigenvalue weighted by Gasteiger charge is -2.14. The van der Waals surface area contributed by atoms with Gasteiger partial charge in [0, 0.05) is 6.42 Å². The Kier molecular flexibility index (Phi) is 4.50. The van der Waals surface area contributed by atoms with Crippen molar-refractivity contribution in [2.24, 2.45) is 0 Å². The Labute approximate surface area is 123 Å². The van der Waals surface area contributed by atoms with Crippen molar-refractivity contribution in [3.63, 3.8) is 0 Å². The number of halogens is 4. The van der Waals surface area contributed by atoms with Gasteiger partial charge in [-0.3, -0.25) is 0 Å². The van der Waals surface area contributed by atoms with E-state index < -0.39 is 23.6 Å². The van der Waals surface area contributed by atoms with E-state index in [1.165, 1.54) is 31.2 Å². The number of aliphatic hydroxyl groups is 1. The summed E-state index contributed by atoms with van der Waals surface area (Å²) in [6, 6.07) is 6.61. The van der Waals surface area contributed by atoms with Gasteiger partial charge in [0.25, 0.3) is 0 Å². The van der Waals surface area contributed by atoms with Crippen molar-refractivity contribution in [3.05, 3.63) is 68.9 Å². The maximum Gasteiger partial charge on any atom is 0.137 e. The molecule has 0 fully saturated rings. The van der Waals surface area contributed by atoms with E-state index in [2.05, 4.69) is 15.9 Å². The second-order valence-corrected chi connectivity index (χ2v) is 5.41. The molecule has 0 radical (unpaired) electrons. The van der Waals surface area contributed by atoms with Gasteiger partial charge in [0.05, 0.1) is 16.1 Å². The van der Waals surface area contributed by atoms with Gasteiger partial charge in [0.2, 0.25) is 0 Å². The van der Waals surface area contributed by atoms with E-state index in [0.29, 0.717) is 5.56 Å². The van der Waals surface area contributed by atoms with Gasteiger partial charge < -0.3 is 5.11 Å². The zero-order valence-corrected chi connectivity index (χ0v) is 12.2. The smallest absolute Gasteiger partial charge is 0.137 e. The average molecular weight is 345 g/mol. The molecule has 0 spiro atoms. The van der Waals surface area contributed by atoms with Gasteiger partial charge in [0.1, 0.15) is 17.5 Å². The Hall–Kier alpha value is -1.33. The zero-order chi connectivity index (χ0) is 14.9. The molecule has 20 heavy (non-hydrogen) atoms. The second kappa shape index (κ2) is 5.97. The fourth-order valence-corrected chi connectivity index (χ4v) is 2.40. The van der Waals surface area contributed by atoms with Crippen molar-refractivity contribution in [1.82, 2.24) is 0 Å². The molecule has 0 aliphatic rings. The van der Waals surface area contributed by atoms with Crippen LogP contribution in [0.5, 0.6) is 0 Å².